The van der Waals surface area contributed by atoms with Gasteiger partial charge in [-0.1, -0.05) is 26.2 Å². The Balaban J connectivity index is 2.23. The SMILES string of the molecule is CCC(CCN)CCC(=O)NCC1(CO)CCCC1. The largest absolute Gasteiger partial charge is 0.396 e. The summed E-state index contributed by atoms with van der Waals surface area (Å²) in [6, 6.07) is 0. The van der Waals surface area contributed by atoms with Crippen molar-refractivity contribution in [3.05, 3.63) is 0 Å². The molecule has 0 aromatic carbocycles. The molecule has 1 aliphatic rings. The highest BCUT2D eigenvalue weighted by Gasteiger charge is 2.33. The molecule has 4 N–H and O–H groups in total. The lowest BCUT2D eigenvalue weighted by Crippen LogP contribution is -2.38. The third-order valence-corrected chi connectivity index (χ3v) is 4.59. The van der Waals surface area contributed by atoms with E-state index in [-0.39, 0.29) is 17.9 Å². The van der Waals surface area contributed by atoms with E-state index in [9.17, 15) is 9.90 Å². The third kappa shape index (κ3) is 5.49. The Bertz CT molecular complexity index is 263. The lowest BCUT2D eigenvalue weighted by atomic mass is 9.87. The molecular weight excluding hydrogens is 240 g/mol. The van der Waals surface area contributed by atoms with Crippen molar-refractivity contribution in [1.29, 1.82) is 0 Å². The van der Waals surface area contributed by atoms with Crippen molar-refractivity contribution < 1.29 is 9.90 Å². The van der Waals surface area contributed by atoms with Crippen LogP contribution in [0.3, 0.4) is 0 Å². The van der Waals surface area contributed by atoms with E-state index >= 15 is 0 Å². The van der Waals surface area contributed by atoms with E-state index in [1.54, 1.807) is 0 Å². The van der Waals surface area contributed by atoms with Crippen molar-refractivity contribution in [2.75, 3.05) is 19.7 Å². The molecule has 0 heterocycles. The van der Waals surface area contributed by atoms with Gasteiger partial charge in [0, 0.05) is 18.4 Å². The maximum Gasteiger partial charge on any atom is 0.220 e. The lowest BCUT2D eigenvalue weighted by Gasteiger charge is -2.26. The Morgan fingerprint density at radius 2 is 2.05 bits per heavy atom. The van der Waals surface area contributed by atoms with Gasteiger partial charge in [-0.3, -0.25) is 4.79 Å². The summed E-state index contributed by atoms with van der Waals surface area (Å²) >= 11 is 0. The molecule has 0 aromatic heterocycles. The van der Waals surface area contributed by atoms with Crippen LogP contribution in [0.25, 0.3) is 0 Å². The Labute approximate surface area is 117 Å². The van der Waals surface area contributed by atoms with E-state index < -0.39 is 0 Å². The molecule has 1 unspecified atom stereocenters. The average Bonchev–Trinajstić information content (AvgIpc) is 2.90. The van der Waals surface area contributed by atoms with Gasteiger partial charge in [0.2, 0.25) is 5.91 Å². The van der Waals surface area contributed by atoms with Gasteiger partial charge in [0.25, 0.3) is 0 Å². The Morgan fingerprint density at radius 3 is 2.58 bits per heavy atom. The predicted octanol–water partition coefficient (Wildman–Crippen LogP) is 1.81. The van der Waals surface area contributed by atoms with Crippen LogP contribution in [0.5, 0.6) is 0 Å². The molecule has 0 radical (unpaired) electrons. The zero-order valence-electron chi connectivity index (χ0n) is 12.3. The molecule has 4 nitrogen and oxygen atoms in total. The summed E-state index contributed by atoms with van der Waals surface area (Å²) in [4.78, 5) is 11.9. The zero-order chi connectivity index (χ0) is 14.1. The fraction of sp³-hybridized carbons (Fsp3) is 0.933. The van der Waals surface area contributed by atoms with Crippen molar-refractivity contribution in [2.24, 2.45) is 17.1 Å². The number of aliphatic hydroxyl groups is 1. The highest BCUT2D eigenvalue weighted by Crippen LogP contribution is 2.36. The monoisotopic (exact) mass is 270 g/mol. The standard InChI is InChI=1S/C15H30N2O2/c1-2-13(7-10-16)5-6-14(19)17-11-15(12-18)8-3-4-9-15/h13,18H,2-12,16H2,1H3,(H,17,19). The number of carbonyl (C=O) groups is 1. The summed E-state index contributed by atoms with van der Waals surface area (Å²) in [5.41, 5.74) is 5.52. The number of nitrogens with two attached hydrogens (primary N) is 1. The van der Waals surface area contributed by atoms with E-state index in [0.29, 0.717) is 25.4 Å². The van der Waals surface area contributed by atoms with Crippen molar-refractivity contribution in [3.8, 4) is 0 Å². The summed E-state index contributed by atoms with van der Waals surface area (Å²) in [6.45, 7) is 3.68. The minimum atomic E-state index is -0.0446. The molecule has 1 atom stereocenters. The molecule has 0 aromatic rings. The Kier molecular flexibility index (Phi) is 7.39. The van der Waals surface area contributed by atoms with Gasteiger partial charge < -0.3 is 16.2 Å². The van der Waals surface area contributed by atoms with E-state index in [0.717, 1.165) is 32.1 Å². The topological polar surface area (TPSA) is 75.4 Å². The number of hydrogen-bond acceptors (Lipinski definition) is 3. The van der Waals surface area contributed by atoms with Crippen LogP contribution in [-0.4, -0.2) is 30.7 Å². The number of hydrogen-bond donors (Lipinski definition) is 3. The highest BCUT2D eigenvalue weighted by molar-refractivity contribution is 5.75. The molecule has 4 heteroatoms. The summed E-state index contributed by atoms with van der Waals surface area (Å²) in [5, 5.41) is 12.5. The highest BCUT2D eigenvalue weighted by atomic mass is 16.3. The number of carbonyl (C=O) groups excluding carboxylic acids is 1. The smallest absolute Gasteiger partial charge is 0.220 e. The van der Waals surface area contributed by atoms with Crippen molar-refractivity contribution in [2.45, 2.75) is 58.3 Å². The molecule has 1 amide bonds. The maximum atomic E-state index is 11.9. The van der Waals surface area contributed by atoms with Crippen LogP contribution in [0.4, 0.5) is 0 Å². The van der Waals surface area contributed by atoms with Gasteiger partial charge >= 0.3 is 0 Å². The van der Waals surface area contributed by atoms with E-state index in [1.807, 2.05) is 0 Å². The molecule has 19 heavy (non-hydrogen) atoms. The summed E-state index contributed by atoms with van der Waals surface area (Å²) < 4.78 is 0. The van der Waals surface area contributed by atoms with Gasteiger partial charge in [-0.2, -0.15) is 0 Å². The van der Waals surface area contributed by atoms with Crippen LogP contribution in [0, 0.1) is 11.3 Å². The molecule has 1 saturated carbocycles. The van der Waals surface area contributed by atoms with Crippen LogP contribution < -0.4 is 11.1 Å². The average molecular weight is 270 g/mol. The molecule has 1 aliphatic carbocycles. The van der Waals surface area contributed by atoms with Gasteiger partial charge in [0.1, 0.15) is 0 Å². The van der Waals surface area contributed by atoms with Gasteiger partial charge in [-0.05, 0) is 38.1 Å². The Hall–Kier alpha value is -0.610. The summed E-state index contributed by atoms with van der Waals surface area (Å²) in [5.74, 6) is 0.684. The normalized spacial score (nSPS) is 19.3. The first-order valence-electron chi connectivity index (χ1n) is 7.73. The minimum absolute atomic E-state index is 0.0446. The van der Waals surface area contributed by atoms with Crippen molar-refractivity contribution in [1.82, 2.24) is 5.32 Å². The number of aliphatic hydroxyl groups excluding tert-OH is 1. The van der Waals surface area contributed by atoms with Gasteiger partial charge in [-0.25, -0.2) is 0 Å². The second kappa shape index (κ2) is 8.54. The summed E-state index contributed by atoms with van der Waals surface area (Å²) in [6.07, 6.45) is 8.01. The van der Waals surface area contributed by atoms with Gasteiger partial charge in [0.05, 0.1) is 6.61 Å². The summed E-state index contributed by atoms with van der Waals surface area (Å²) in [7, 11) is 0. The number of rotatable bonds is 9. The number of nitrogens with one attached hydrogen (secondary N) is 1. The quantitative estimate of drug-likeness (QED) is 0.598. The van der Waals surface area contributed by atoms with Crippen LogP contribution >= 0.6 is 0 Å². The van der Waals surface area contributed by atoms with E-state index in [4.69, 9.17) is 5.73 Å². The number of amides is 1. The first kappa shape index (κ1) is 16.4. The Morgan fingerprint density at radius 1 is 1.37 bits per heavy atom. The molecule has 0 bridgehead atoms. The second-order valence-electron chi connectivity index (χ2n) is 6.03. The van der Waals surface area contributed by atoms with Crippen molar-refractivity contribution in [3.63, 3.8) is 0 Å². The fourth-order valence-corrected chi connectivity index (χ4v) is 3.01. The second-order valence-corrected chi connectivity index (χ2v) is 6.03. The molecule has 0 saturated heterocycles. The lowest BCUT2D eigenvalue weighted by molar-refractivity contribution is -0.122. The van der Waals surface area contributed by atoms with Crippen molar-refractivity contribution >= 4 is 5.91 Å². The first-order chi connectivity index (χ1) is 9.15. The van der Waals surface area contributed by atoms with E-state index in [1.165, 1.54) is 12.8 Å². The van der Waals surface area contributed by atoms with Crippen LogP contribution in [0.2, 0.25) is 0 Å². The molecule has 112 valence electrons. The van der Waals surface area contributed by atoms with Crippen LogP contribution in [0.1, 0.15) is 58.3 Å². The molecule has 0 aliphatic heterocycles. The molecular formula is C15H30N2O2. The zero-order valence-corrected chi connectivity index (χ0v) is 12.3. The molecule has 1 fully saturated rings. The van der Waals surface area contributed by atoms with Crippen LogP contribution in [0.15, 0.2) is 0 Å². The first-order valence-corrected chi connectivity index (χ1v) is 7.73. The van der Waals surface area contributed by atoms with E-state index in [2.05, 4.69) is 12.2 Å². The molecule has 0 spiro atoms. The molecule has 1 rings (SSSR count). The van der Waals surface area contributed by atoms with Crippen LogP contribution in [-0.2, 0) is 4.79 Å². The van der Waals surface area contributed by atoms with Gasteiger partial charge in [0.15, 0.2) is 0 Å². The fourth-order valence-electron chi connectivity index (χ4n) is 3.01. The predicted molar refractivity (Wildman–Crippen MR) is 77.7 cm³/mol. The van der Waals surface area contributed by atoms with Gasteiger partial charge in [-0.15, -0.1) is 0 Å². The maximum absolute atomic E-state index is 11.9. The third-order valence-electron chi connectivity index (χ3n) is 4.59. The minimum Gasteiger partial charge on any atom is -0.396 e.